The van der Waals surface area contributed by atoms with Gasteiger partial charge in [-0.05, 0) is 49.9 Å². The number of carbonyl (C=O) groups excluding carboxylic acids is 2. The molecule has 1 fully saturated rings. The fourth-order valence-corrected chi connectivity index (χ4v) is 3.74. The molecule has 1 aliphatic carbocycles. The number of hydrogen-bond donors (Lipinski definition) is 3. The van der Waals surface area contributed by atoms with Crippen molar-refractivity contribution in [2.24, 2.45) is 0 Å². The molecule has 2 heterocycles. The van der Waals surface area contributed by atoms with Gasteiger partial charge in [0, 0.05) is 25.1 Å². The number of aromatic nitrogens is 3. The molecular formula is C23H25N5O4. The van der Waals surface area contributed by atoms with Crippen molar-refractivity contribution >= 4 is 34.2 Å². The topological polar surface area (TPSA) is 126 Å². The van der Waals surface area contributed by atoms with E-state index >= 15 is 0 Å². The van der Waals surface area contributed by atoms with E-state index < -0.39 is 17.2 Å². The first-order valence-corrected chi connectivity index (χ1v) is 10.7. The van der Waals surface area contributed by atoms with E-state index in [-0.39, 0.29) is 28.4 Å². The van der Waals surface area contributed by atoms with Crippen LogP contribution in [0.2, 0.25) is 0 Å². The van der Waals surface area contributed by atoms with E-state index in [2.05, 4.69) is 20.6 Å². The van der Waals surface area contributed by atoms with Gasteiger partial charge in [0.05, 0.1) is 22.3 Å². The molecule has 166 valence electrons. The van der Waals surface area contributed by atoms with Crippen LogP contribution in [0.4, 0.5) is 11.4 Å². The van der Waals surface area contributed by atoms with Gasteiger partial charge in [0.25, 0.3) is 11.5 Å². The first-order valence-electron chi connectivity index (χ1n) is 10.7. The van der Waals surface area contributed by atoms with Crippen LogP contribution in [0, 0.1) is 6.92 Å². The fraction of sp³-hybridized carbons (Fsp3) is 0.348. The molecule has 3 aromatic rings. The molecule has 9 nitrogen and oxygen atoms in total. The van der Waals surface area contributed by atoms with Crippen LogP contribution in [0.15, 0.2) is 33.9 Å². The van der Waals surface area contributed by atoms with Crippen molar-refractivity contribution in [2.45, 2.75) is 52.5 Å². The summed E-state index contributed by atoms with van der Waals surface area (Å²) >= 11 is 0. The second-order valence-corrected chi connectivity index (χ2v) is 8.16. The van der Waals surface area contributed by atoms with Gasteiger partial charge in [0.15, 0.2) is 5.65 Å². The van der Waals surface area contributed by atoms with Crippen LogP contribution in [-0.2, 0) is 11.3 Å². The molecule has 9 heteroatoms. The summed E-state index contributed by atoms with van der Waals surface area (Å²) in [5.41, 5.74) is 1.65. The molecule has 0 atom stereocenters. The zero-order valence-corrected chi connectivity index (χ0v) is 18.2. The molecule has 3 N–H and O–H groups in total. The van der Waals surface area contributed by atoms with Crippen molar-refractivity contribution < 1.29 is 9.59 Å². The maximum Gasteiger partial charge on any atom is 0.329 e. The Bertz CT molecular complexity index is 1350. The molecule has 0 spiro atoms. The Morgan fingerprint density at radius 3 is 2.56 bits per heavy atom. The highest BCUT2D eigenvalue weighted by Gasteiger charge is 2.29. The summed E-state index contributed by atoms with van der Waals surface area (Å²) in [6, 6.07) is 6.91. The molecule has 0 aliphatic heterocycles. The number of carbonyl (C=O) groups is 2. The zero-order chi connectivity index (χ0) is 23.0. The minimum absolute atomic E-state index is 0.0775. The van der Waals surface area contributed by atoms with Gasteiger partial charge in [-0.2, -0.15) is 0 Å². The minimum Gasteiger partial charge on any atom is -0.325 e. The highest BCUT2D eigenvalue weighted by atomic mass is 16.2. The summed E-state index contributed by atoms with van der Waals surface area (Å²) in [6.07, 6.45) is 2.57. The normalized spacial score (nSPS) is 13.2. The predicted octanol–water partition coefficient (Wildman–Crippen LogP) is 2.89. The van der Waals surface area contributed by atoms with Crippen molar-refractivity contribution in [3.05, 3.63) is 61.9 Å². The number of fused-ring (bicyclic) bond motifs is 1. The van der Waals surface area contributed by atoms with Gasteiger partial charge in [0.2, 0.25) is 5.91 Å². The number of nitrogens with zero attached hydrogens (tertiary/aromatic N) is 2. The highest BCUT2D eigenvalue weighted by molar-refractivity contribution is 6.13. The molecule has 32 heavy (non-hydrogen) atoms. The molecule has 4 rings (SSSR count). The second kappa shape index (κ2) is 8.41. The van der Waals surface area contributed by atoms with Crippen LogP contribution < -0.4 is 21.9 Å². The van der Waals surface area contributed by atoms with E-state index in [0.29, 0.717) is 30.0 Å². The maximum absolute atomic E-state index is 13.4. The van der Waals surface area contributed by atoms with E-state index in [1.165, 1.54) is 11.5 Å². The molecule has 2 amide bonds. The summed E-state index contributed by atoms with van der Waals surface area (Å²) in [4.78, 5) is 57.1. The third-order valence-electron chi connectivity index (χ3n) is 5.39. The molecule has 1 aliphatic rings. The molecule has 0 saturated heterocycles. The number of hydrogen-bond acceptors (Lipinski definition) is 5. The summed E-state index contributed by atoms with van der Waals surface area (Å²) in [7, 11) is 0. The van der Waals surface area contributed by atoms with Crippen molar-refractivity contribution in [1.29, 1.82) is 0 Å². The predicted molar refractivity (Wildman–Crippen MR) is 122 cm³/mol. The molecule has 2 aromatic heterocycles. The van der Waals surface area contributed by atoms with Crippen LogP contribution in [0.5, 0.6) is 0 Å². The van der Waals surface area contributed by atoms with Gasteiger partial charge in [-0.15, -0.1) is 0 Å². The standard InChI is InChI=1S/C23H25N5O4/c1-4-9-28-20-19(22(31)27-23(28)32)15(11-17(25-20)14-6-7-14)21(30)26-18-10-12(2)5-8-16(18)24-13(3)29/h5,8,10-11,14H,4,6-7,9H2,1-3H3,(H,24,29)(H,26,30)(H,27,31,32). The third-order valence-corrected chi connectivity index (χ3v) is 5.39. The minimum atomic E-state index is -0.649. The largest absolute Gasteiger partial charge is 0.329 e. The lowest BCUT2D eigenvalue weighted by Crippen LogP contribution is -2.32. The molecule has 1 aromatic carbocycles. The first kappa shape index (κ1) is 21.5. The van der Waals surface area contributed by atoms with Gasteiger partial charge in [-0.3, -0.25) is 23.9 Å². The van der Waals surface area contributed by atoms with E-state index in [1.54, 1.807) is 18.2 Å². The van der Waals surface area contributed by atoms with Gasteiger partial charge in [0.1, 0.15) is 0 Å². The van der Waals surface area contributed by atoms with Crippen LogP contribution in [-0.4, -0.2) is 26.3 Å². The SMILES string of the molecule is CCCn1c(=O)[nH]c(=O)c2c(C(=O)Nc3cc(C)ccc3NC(C)=O)cc(C3CC3)nc21. The maximum atomic E-state index is 13.4. The van der Waals surface area contributed by atoms with Crippen molar-refractivity contribution in [2.75, 3.05) is 10.6 Å². The Morgan fingerprint density at radius 2 is 1.91 bits per heavy atom. The number of anilines is 2. The lowest BCUT2D eigenvalue weighted by molar-refractivity contribution is -0.114. The summed E-state index contributed by atoms with van der Waals surface area (Å²) in [6.45, 7) is 5.55. The average Bonchev–Trinajstić information content (AvgIpc) is 3.57. The number of H-pyrrole nitrogens is 1. The van der Waals surface area contributed by atoms with Crippen LogP contribution in [0.1, 0.15) is 60.6 Å². The van der Waals surface area contributed by atoms with E-state index in [9.17, 15) is 19.2 Å². The van der Waals surface area contributed by atoms with Gasteiger partial charge in [-0.25, -0.2) is 9.78 Å². The van der Waals surface area contributed by atoms with Crippen molar-refractivity contribution in [3.8, 4) is 0 Å². The Kier molecular flexibility index (Phi) is 5.65. The van der Waals surface area contributed by atoms with Crippen molar-refractivity contribution in [3.63, 3.8) is 0 Å². The molecular weight excluding hydrogens is 410 g/mol. The first-order chi connectivity index (χ1) is 15.3. The van der Waals surface area contributed by atoms with Crippen LogP contribution >= 0.6 is 0 Å². The molecule has 0 unspecified atom stereocenters. The Morgan fingerprint density at radius 1 is 1.16 bits per heavy atom. The number of nitrogens with one attached hydrogen (secondary N) is 3. The summed E-state index contributed by atoms with van der Waals surface area (Å²) in [5.74, 6) is -0.567. The molecule has 1 saturated carbocycles. The number of aryl methyl sites for hydroxylation is 2. The number of benzene rings is 1. The highest BCUT2D eigenvalue weighted by Crippen LogP contribution is 2.40. The number of amides is 2. The van der Waals surface area contributed by atoms with E-state index in [0.717, 1.165) is 18.4 Å². The average molecular weight is 435 g/mol. The van der Waals surface area contributed by atoms with Gasteiger partial charge < -0.3 is 10.6 Å². The zero-order valence-electron chi connectivity index (χ0n) is 18.2. The van der Waals surface area contributed by atoms with Crippen molar-refractivity contribution in [1.82, 2.24) is 14.5 Å². The van der Waals surface area contributed by atoms with E-state index in [4.69, 9.17) is 0 Å². The fourth-order valence-electron chi connectivity index (χ4n) is 3.74. The number of rotatable bonds is 6. The van der Waals surface area contributed by atoms with E-state index in [1.807, 2.05) is 19.9 Å². The summed E-state index contributed by atoms with van der Waals surface area (Å²) in [5, 5.41) is 5.60. The monoisotopic (exact) mass is 435 g/mol. The Labute approximate surface area is 183 Å². The van der Waals surface area contributed by atoms with Gasteiger partial charge >= 0.3 is 5.69 Å². The lowest BCUT2D eigenvalue weighted by Gasteiger charge is -2.15. The smallest absolute Gasteiger partial charge is 0.325 e. The quantitative estimate of drug-likeness (QED) is 0.549. The Hall–Kier alpha value is -3.75. The second-order valence-electron chi connectivity index (χ2n) is 8.16. The van der Waals surface area contributed by atoms with Crippen LogP contribution in [0.3, 0.4) is 0 Å². The third kappa shape index (κ3) is 4.18. The molecule has 0 radical (unpaired) electrons. The Balaban J connectivity index is 1.87. The number of pyridine rings is 1. The molecule has 0 bridgehead atoms. The number of aromatic amines is 1. The van der Waals surface area contributed by atoms with Crippen LogP contribution in [0.25, 0.3) is 11.0 Å². The summed E-state index contributed by atoms with van der Waals surface area (Å²) < 4.78 is 1.41. The lowest BCUT2D eigenvalue weighted by atomic mass is 10.1. The van der Waals surface area contributed by atoms with Gasteiger partial charge in [-0.1, -0.05) is 13.0 Å².